The second kappa shape index (κ2) is 53.2. The maximum atomic E-state index is 13.0. The Bertz CT molecular complexity index is 1090. The number of ether oxygens (including phenoxy) is 2. The number of aliphatic hydroxyl groups is 1. The van der Waals surface area contributed by atoms with E-state index in [0.717, 1.165) is 69.1 Å². The summed E-state index contributed by atoms with van der Waals surface area (Å²) in [5, 5.41) is 11.2. The average Bonchev–Trinajstić information content (AvgIpc) is 3.33. The highest BCUT2D eigenvalue weighted by Gasteiger charge is 2.24. The summed E-state index contributed by atoms with van der Waals surface area (Å²) in [5.41, 5.74) is 0. The number of Topliss-reactive ketones (excluding diaryl/α,β-unsaturated/α-hetero) is 3. The molecule has 5 unspecified atom stereocenters. The van der Waals surface area contributed by atoms with Crippen molar-refractivity contribution in [2.24, 2.45) is 17.8 Å². The summed E-state index contributed by atoms with van der Waals surface area (Å²) in [6.45, 7) is 14.0. The number of hydrogen-bond acceptors (Lipinski definition) is 6. The second-order valence-corrected chi connectivity index (χ2v) is 22.7. The standard InChI is InChI=1S/C63H122O6/c1-7-10-13-34-43-56(4)46-37-28-22-16-19-25-31-40-49-59(64)52-62(67)63(69-54-61(66)51-42-33-27-21-18-24-30-39-48-58(6)45-36-15-12-9-3)55-68-53-60(65)50-41-32-26-20-17-23-29-38-47-57(5)44-35-14-11-8-2/h56-58,62-63,67H,7-55H2,1-6H3. The Labute approximate surface area is 431 Å². The number of rotatable bonds is 58. The minimum absolute atomic E-state index is 0.000837. The van der Waals surface area contributed by atoms with E-state index in [4.69, 9.17) is 9.47 Å². The Morgan fingerprint density at radius 3 is 0.928 bits per heavy atom. The predicted molar refractivity (Wildman–Crippen MR) is 298 cm³/mol. The molecule has 6 heteroatoms. The fourth-order valence-electron chi connectivity index (χ4n) is 10.2. The molecule has 0 aliphatic carbocycles. The Morgan fingerprint density at radius 2 is 0.609 bits per heavy atom. The highest BCUT2D eigenvalue weighted by Crippen LogP contribution is 2.22. The van der Waals surface area contributed by atoms with Gasteiger partial charge in [-0.25, -0.2) is 0 Å². The van der Waals surface area contributed by atoms with Gasteiger partial charge in [-0.3, -0.25) is 14.4 Å². The van der Waals surface area contributed by atoms with Gasteiger partial charge >= 0.3 is 0 Å². The zero-order valence-corrected chi connectivity index (χ0v) is 47.5. The van der Waals surface area contributed by atoms with Crippen LogP contribution in [0.4, 0.5) is 0 Å². The van der Waals surface area contributed by atoms with Crippen molar-refractivity contribution < 1.29 is 29.0 Å². The average molecular weight is 976 g/mol. The van der Waals surface area contributed by atoms with Crippen molar-refractivity contribution in [2.45, 2.75) is 349 Å². The SMILES string of the molecule is CCCCCCC(C)CCCCCCCCCCC(=O)COCC(OCC(=O)CCCCCCCCCCC(C)CCCCCC)C(O)CC(=O)CCCCCCCCCCC(C)CCCCCC. The number of hydrogen-bond donors (Lipinski definition) is 1. The zero-order chi connectivity index (χ0) is 50.7. The molecule has 0 saturated heterocycles. The summed E-state index contributed by atoms with van der Waals surface area (Å²) < 4.78 is 11.8. The molecule has 69 heavy (non-hydrogen) atoms. The lowest BCUT2D eigenvalue weighted by atomic mass is 9.96. The normalized spacial score (nSPS) is 14.0. The molecule has 0 rings (SSSR count). The van der Waals surface area contributed by atoms with E-state index in [1.165, 1.54) is 218 Å². The van der Waals surface area contributed by atoms with Gasteiger partial charge in [-0.1, -0.05) is 292 Å². The van der Waals surface area contributed by atoms with Gasteiger partial charge in [-0.05, 0) is 37.0 Å². The number of unbranched alkanes of at least 4 members (excludes halogenated alkanes) is 30. The van der Waals surface area contributed by atoms with Crippen LogP contribution in [0.3, 0.4) is 0 Å². The topological polar surface area (TPSA) is 89.9 Å². The van der Waals surface area contributed by atoms with Crippen LogP contribution < -0.4 is 0 Å². The lowest BCUT2D eigenvalue weighted by Gasteiger charge is -2.23. The van der Waals surface area contributed by atoms with Crippen LogP contribution in [0.5, 0.6) is 0 Å². The van der Waals surface area contributed by atoms with E-state index in [9.17, 15) is 19.5 Å². The monoisotopic (exact) mass is 975 g/mol. The molecule has 0 aromatic rings. The molecule has 5 atom stereocenters. The molecule has 0 fully saturated rings. The molecule has 6 nitrogen and oxygen atoms in total. The fraction of sp³-hybridized carbons (Fsp3) is 0.952. The van der Waals surface area contributed by atoms with Gasteiger partial charge in [-0.15, -0.1) is 0 Å². The quantitative estimate of drug-likeness (QED) is 0.0611. The molecular formula is C63H122O6. The van der Waals surface area contributed by atoms with E-state index in [1.807, 2.05) is 0 Å². The van der Waals surface area contributed by atoms with Gasteiger partial charge < -0.3 is 14.6 Å². The largest absolute Gasteiger partial charge is 0.390 e. The molecule has 0 saturated carbocycles. The van der Waals surface area contributed by atoms with Crippen LogP contribution in [0.25, 0.3) is 0 Å². The van der Waals surface area contributed by atoms with Gasteiger partial charge in [0.1, 0.15) is 25.1 Å². The Kier molecular flexibility index (Phi) is 52.3. The molecule has 0 amide bonds. The molecule has 0 bridgehead atoms. The van der Waals surface area contributed by atoms with E-state index in [-0.39, 0.29) is 43.6 Å². The van der Waals surface area contributed by atoms with Crippen LogP contribution in [0, 0.1) is 17.8 Å². The van der Waals surface area contributed by atoms with Crippen molar-refractivity contribution in [3.8, 4) is 0 Å². The van der Waals surface area contributed by atoms with E-state index in [1.54, 1.807) is 0 Å². The highest BCUT2D eigenvalue weighted by atomic mass is 16.5. The third kappa shape index (κ3) is 50.2. The van der Waals surface area contributed by atoms with Crippen LogP contribution in [0.2, 0.25) is 0 Å². The van der Waals surface area contributed by atoms with Gasteiger partial charge in [0.25, 0.3) is 0 Å². The van der Waals surface area contributed by atoms with Crippen LogP contribution in [-0.4, -0.2) is 54.5 Å². The van der Waals surface area contributed by atoms with Crippen molar-refractivity contribution >= 4 is 17.3 Å². The van der Waals surface area contributed by atoms with Gasteiger partial charge in [0.2, 0.25) is 0 Å². The molecule has 0 radical (unpaired) electrons. The molecular weight excluding hydrogens is 853 g/mol. The van der Waals surface area contributed by atoms with Gasteiger partial charge in [0.05, 0.1) is 12.7 Å². The first-order valence-corrected chi connectivity index (χ1v) is 31.0. The van der Waals surface area contributed by atoms with E-state index < -0.39 is 12.2 Å². The number of ketones is 3. The molecule has 0 aromatic carbocycles. The first kappa shape index (κ1) is 67.9. The number of carbonyl (C=O) groups is 3. The molecule has 0 spiro atoms. The van der Waals surface area contributed by atoms with Crippen molar-refractivity contribution in [1.82, 2.24) is 0 Å². The van der Waals surface area contributed by atoms with E-state index >= 15 is 0 Å². The lowest BCUT2D eigenvalue weighted by Crippen LogP contribution is -2.37. The number of carbonyl (C=O) groups excluding carboxylic acids is 3. The maximum absolute atomic E-state index is 13.0. The first-order chi connectivity index (χ1) is 33.6. The molecule has 0 aromatic heterocycles. The van der Waals surface area contributed by atoms with Crippen molar-refractivity contribution in [1.29, 1.82) is 0 Å². The van der Waals surface area contributed by atoms with Crippen LogP contribution in [0.15, 0.2) is 0 Å². The van der Waals surface area contributed by atoms with Crippen LogP contribution in [-0.2, 0) is 23.9 Å². The Hall–Kier alpha value is -1.11. The molecule has 0 heterocycles. The molecule has 0 aliphatic rings. The van der Waals surface area contributed by atoms with Gasteiger partial charge in [0.15, 0.2) is 11.6 Å². The van der Waals surface area contributed by atoms with Gasteiger partial charge in [-0.2, -0.15) is 0 Å². The summed E-state index contributed by atoms with van der Waals surface area (Å²) >= 11 is 0. The molecule has 410 valence electrons. The summed E-state index contributed by atoms with van der Waals surface area (Å²) in [6.07, 6.45) is 53.0. The summed E-state index contributed by atoms with van der Waals surface area (Å²) in [6, 6.07) is 0. The summed E-state index contributed by atoms with van der Waals surface area (Å²) in [7, 11) is 0. The predicted octanol–water partition coefficient (Wildman–Crippen LogP) is 19.4. The van der Waals surface area contributed by atoms with Crippen LogP contribution >= 0.6 is 0 Å². The van der Waals surface area contributed by atoms with Crippen molar-refractivity contribution in [3.63, 3.8) is 0 Å². The highest BCUT2D eigenvalue weighted by molar-refractivity contribution is 5.80. The van der Waals surface area contributed by atoms with Crippen molar-refractivity contribution in [2.75, 3.05) is 19.8 Å². The summed E-state index contributed by atoms with van der Waals surface area (Å²) in [5.74, 6) is 2.70. The smallest absolute Gasteiger partial charge is 0.158 e. The maximum Gasteiger partial charge on any atom is 0.158 e. The van der Waals surface area contributed by atoms with Crippen LogP contribution in [0.1, 0.15) is 337 Å². The fourth-order valence-corrected chi connectivity index (χ4v) is 10.2. The minimum Gasteiger partial charge on any atom is -0.390 e. The minimum atomic E-state index is -1.06. The second-order valence-electron chi connectivity index (χ2n) is 22.7. The zero-order valence-electron chi connectivity index (χ0n) is 47.5. The third-order valence-electron chi connectivity index (χ3n) is 15.2. The van der Waals surface area contributed by atoms with Gasteiger partial charge in [0, 0.05) is 25.7 Å². The van der Waals surface area contributed by atoms with E-state index in [0.29, 0.717) is 19.3 Å². The Balaban J connectivity index is 4.50. The third-order valence-corrected chi connectivity index (χ3v) is 15.2. The van der Waals surface area contributed by atoms with E-state index in [2.05, 4.69) is 41.5 Å². The first-order valence-electron chi connectivity index (χ1n) is 31.0. The molecule has 0 aliphatic heterocycles. The summed E-state index contributed by atoms with van der Waals surface area (Å²) in [4.78, 5) is 38.6. The molecule has 1 N–H and O–H groups in total. The Morgan fingerprint density at radius 1 is 0.348 bits per heavy atom. The van der Waals surface area contributed by atoms with Crippen molar-refractivity contribution in [3.05, 3.63) is 0 Å². The lowest BCUT2D eigenvalue weighted by molar-refractivity contribution is -0.138. The number of aliphatic hydroxyl groups excluding tert-OH is 1.